The number of fused-ring (bicyclic) bond motifs is 4. The van der Waals surface area contributed by atoms with Crippen molar-refractivity contribution in [3.63, 3.8) is 0 Å². The maximum Gasteiger partial charge on any atom is 0.236 e. The molecule has 1 fully saturated rings. The van der Waals surface area contributed by atoms with Gasteiger partial charge in [0.2, 0.25) is 5.91 Å². The standard InChI is InChI=1S/C24H28ClN3O4S/c1-4-31-18-8-5-7-17-20-19(22(29)26-16-11-9-15(25)10-12-16)24(2,32-21(17)18)28(23(33)27-20)13-6-14-30-3/h5,7-12,19-20H,4,6,13-14H2,1-3H3,(H,26,29)(H,27,33)/t19-,20-,24-/m1/s1. The molecule has 9 heteroatoms. The highest BCUT2D eigenvalue weighted by Crippen LogP contribution is 2.51. The zero-order chi connectivity index (χ0) is 23.6. The molecular formula is C24H28ClN3O4S. The first kappa shape index (κ1) is 23.6. The maximum atomic E-state index is 13.7. The zero-order valence-corrected chi connectivity index (χ0v) is 20.5. The number of carbonyl (C=O) groups is 1. The van der Waals surface area contributed by atoms with E-state index in [0.717, 1.165) is 12.0 Å². The lowest BCUT2D eigenvalue weighted by Gasteiger charge is -2.56. The monoisotopic (exact) mass is 489 g/mol. The Kier molecular flexibility index (Phi) is 6.97. The Labute approximate surface area is 204 Å². The summed E-state index contributed by atoms with van der Waals surface area (Å²) in [6.07, 6.45) is 0.730. The SMILES string of the molecule is CCOc1cccc2c1O[C@]1(C)[C@@H](C(=O)Nc3ccc(Cl)cc3)[C@@H]2NC(=S)N1CCCOC. The molecule has 0 aliphatic carbocycles. The minimum Gasteiger partial charge on any atom is -0.490 e. The lowest BCUT2D eigenvalue weighted by Crippen LogP contribution is -2.71. The third-order valence-electron chi connectivity index (χ3n) is 6.05. The number of para-hydroxylation sites is 1. The van der Waals surface area contributed by atoms with Crippen LogP contribution >= 0.6 is 23.8 Å². The molecule has 2 aromatic rings. The normalized spacial score (nSPS) is 23.3. The van der Waals surface area contributed by atoms with Crippen LogP contribution in [0, 0.1) is 5.92 Å². The van der Waals surface area contributed by atoms with E-state index in [1.165, 1.54) is 0 Å². The summed E-state index contributed by atoms with van der Waals surface area (Å²) in [6.45, 7) is 5.49. The van der Waals surface area contributed by atoms with Crippen LogP contribution in [0.3, 0.4) is 0 Å². The molecule has 0 spiro atoms. The predicted octanol–water partition coefficient (Wildman–Crippen LogP) is 4.37. The number of rotatable bonds is 8. The molecule has 1 amide bonds. The van der Waals surface area contributed by atoms with Crippen molar-refractivity contribution in [2.45, 2.75) is 32.0 Å². The summed E-state index contributed by atoms with van der Waals surface area (Å²) >= 11 is 11.7. The molecule has 2 aliphatic rings. The number of amides is 1. The van der Waals surface area contributed by atoms with Crippen LogP contribution in [0.15, 0.2) is 42.5 Å². The molecule has 2 heterocycles. The van der Waals surface area contributed by atoms with Crippen molar-refractivity contribution in [1.82, 2.24) is 10.2 Å². The molecule has 4 rings (SSSR count). The number of benzene rings is 2. The number of nitrogens with one attached hydrogen (secondary N) is 2. The van der Waals surface area contributed by atoms with Gasteiger partial charge >= 0.3 is 0 Å². The molecule has 2 N–H and O–H groups in total. The minimum absolute atomic E-state index is 0.177. The zero-order valence-electron chi connectivity index (χ0n) is 18.9. The number of nitrogens with zero attached hydrogens (tertiary/aromatic N) is 1. The number of thiocarbonyl (C=S) groups is 1. The summed E-state index contributed by atoms with van der Waals surface area (Å²) in [5.41, 5.74) is 0.472. The van der Waals surface area contributed by atoms with Crippen LogP contribution in [0.1, 0.15) is 31.9 Å². The van der Waals surface area contributed by atoms with E-state index in [-0.39, 0.29) is 11.9 Å². The Balaban J connectivity index is 1.75. The molecular weight excluding hydrogens is 462 g/mol. The third-order valence-corrected chi connectivity index (χ3v) is 6.64. The summed E-state index contributed by atoms with van der Waals surface area (Å²) in [6, 6.07) is 12.4. The van der Waals surface area contributed by atoms with E-state index in [2.05, 4.69) is 10.6 Å². The Morgan fingerprint density at radius 3 is 2.76 bits per heavy atom. The molecule has 0 unspecified atom stereocenters. The van der Waals surface area contributed by atoms with E-state index in [0.29, 0.717) is 47.1 Å². The summed E-state index contributed by atoms with van der Waals surface area (Å²) in [5.74, 6) is 0.513. The minimum atomic E-state index is -1.03. The van der Waals surface area contributed by atoms with Gasteiger partial charge in [-0.15, -0.1) is 0 Å². The van der Waals surface area contributed by atoms with E-state index in [1.54, 1.807) is 31.4 Å². The van der Waals surface area contributed by atoms with Crippen LogP contribution in [0.2, 0.25) is 5.02 Å². The fourth-order valence-corrected chi connectivity index (χ4v) is 5.08. The summed E-state index contributed by atoms with van der Waals surface area (Å²) in [5, 5.41) is 7.57. The van der Waals surface area contributed by atoms with E-state index in [1.807, 2.05) is 36.9 Å². The molecule has 2 aliphatic heterocycles. The first-order valence-electron chi connectivity index (χ1n) is 11.0. The number of anilines is 1. The van der Waals surface area contributed by atoms with Crippen molar-refractivity contribution in [3.05, 3.63) is 53.1 Å². The van der Waals surface area contributed by atoms with Crippen LogP contribution in [0.4, 0.5) is 5.69 Å². The second kappa shape index (κ2) is 9.75. The fourth-order valence-electron chi connectivity index (χ4n) is 4.55. The van der Waals surface area contributed by atoms with Crippen LogP contribution in [-0.4, -0.2) is 48.5 Å². The second-order valence-corrected chi connectivity index (χ2v) is 8.99. The molecule has 2 bridgehead atoms. The lowest BCUT2D eigenvalue weighted by atomic mass is 9.78. The van der Waals surface area contributed by atoms with Crippen molar-refractivity contribution >= 4 is 40.5 Å². The average Bonchev–Trinajstić information content (AvgIpc) is 2.78. The smallest absolute Gasteiger partial charge is 0.236 e. The molecule has 176 valence electrons. The van der Waals surface area contributed by atoms with Crippen molar-refractivity contribution in [3.8, 4) is 11.5 Å². The van der Waals surface area contributed by atoms with Gasteiger partial charge in [-0.1, -0.05) is 23.7 Å². The van der Waals surface area contributed by atoms with Gasteiger partial charge < -0.3 is 29.7 Å². The Morgan fingerprint density at radius 2 is 2.06 bits per heavy atom. The highest BCUT2D eigenvalue weighted by molar-refractivity contribution is 7.80. The van der Waals surface area contributed by atoms with Gasteiger partial charge in [-0.3, -0.25) is 4.79 Å². The quantitative estimate of drug-likeness (QED) is 0.421. The Morgan fingerprint density at radius 1 is 1.30 bits per heavy atom. The van der Waals surface area contributed by atoms with Crippen molar-refractivity contribution in [1.29, 1.82) is 0 Å². The highest BCUT2D eigenvalue weighted by atomic mass is 35.5. The van der Waals surface area contributed by atoms with Crippen molar-refractivity contribution in [2.75, 3.05) is 32.2 Å². The maximum absolute atomic E-state index is 13.7. The van der Waals surface area contributed by atoms with Gasteiger partial charge in [-0.2, -0.15) is 0 Å². The number of halogens is 1. The van der Waals surface area contributed by atoms with Crippen LogP contribution < -0.4 is 20.1 Å². The largest absolute Gasteiger partial charge is 0.490 e. The van der Waals surface area contributed by atoms with Crippen molar-refractivity contribution < 1.29 is 19.0 Å². The topological polar surface area (TPSA) is 72.1 Å². The number of ether oxygens (including phenoxy) is 3. The number of carbonyl (C=O) groups excluding carboxylic acids is 1. The van der Waals surface area contributed by atoms with Gasteiger partial charge in [0, 0.05) is 36.5 Å². The molecule has 7 nitrogen and oxygen atoms in total. The molecule has 0 radical (unpaired) electrons. The molecule has 0 aromatic heterocycles. The molecule has 33 heavy (non-hydrogen) atoms. The van der Waals surface area contributed by atoms with Crippen LogP contribution in [0.25, 0.3) is 0 Å². The first-order chi connectivity index (χ1) is 15.9. The summed E-state index contributed by atoms with van der Waals surface area (Å²) < 4.78 is 17.7. The van der Waals surface area contributed by atoms with E-state index in [4.69, 9.17) is 38.0 Å². The van der Waals surface area contributed by atoms with Gasteiger partial charge in [0.1, 0.15) is 5.92 Å². The lowest BCUT2D eigenvalue weighted by molar-refractivity contribution is -0.150. The fraction of sp³-hybridized carbons (Fsp3) is 0.417. The molecule has 2 aromatic carbocycles. The second-order valence-electron chi connectivity index (χ2n) is 8.16. The number of hydrogen-bond donors (Lipinski definition) is 2. The molecule has 1 saturated heterocycles. The van der Waals surface area contributed by atoms with E-state index in [9.17, 15) is 4.79 Å². The molecule has 0 saturated carbocycles. The van der Waals surface area contributed by atoms with Gasteiger partial charge in [-0.25, -0.2) is 0 Å². The summed E-state index contributed by atoms with van der Waals surface area (Å²) in [4.78, 5) is 15.6. The Hall–Kier alpha value is -2.55. The average molecular weight is 490 g/mol. The number of methoxy groups -OCH3 is 1. The number of hydrogen-bond acceptors (Lipinski definition) is 5. The van der Waals surface area contributed by atoms with E-state index >= 15 is 0 Å². The van der Waals surface area contributed by atoms with Gasteiger partial charge in [-0.05, 0) is 62.8 Å². The van der Waals surface area contributed by atoms with Crippen molar-refractivity contribution in [2.24, 2.45) is 5.92 Å². The predicted molar refractivity (Wildman–Crippen MR) is 132 cm³/mol. The molecule has 3 atom stereocenters. The van der Waals surface area contributed by atoms with Gasteiger partial charge in [0.25, 0.3) is 0 Å². The first-order valence-corrected chi connectivity index (χ1v) is 11.8. The highest BCUT2D eigenvalue weighted by Gasteiger charge is 2.59. The third kappa shape index (κ3) is 4.47. The Bertz CT molecular complexity index is 1030. The summed E-state index contributed by atoms with van der Waals surface area (Å²) in [7, 11) is 1.66. The van der Waals surface area contributed by atoms with Gasteiger partial charge in [0.15, 0.2) is 22.3 Å². The van der Waals surface area contributed by atoms with Crippen LogP contribution in [0.5, 0.6) is 11.5 Å². The van der Waals surface area contributed by atoms with E-state index < -0.39 is 11.6 Å². The van der Waals surface area contributed by atoms with Gasteiger partial charge in [0.05, 0.1) is 12.6 Å². The van der Waals surface area contributed by atoms with Crippen LogP contribution in [-0.2, 0) is 9.53 Å².